The molecule has 20 heavy (non-hydrogen) atoms. The van der Waals surface area contributed by atoms with Gasteiger partial charge < -0.3 is 14.3 Å². The molecule has 6 nitrogen and oxygen atoms in total. The third-order valence-electron chi connectivity index (χ3n) is 2.46. The Morgan fingerprint density at radius 2 is 2.00 bits per heavy atom. The number of furan rings is 1. The van der Waals surface area contributed by atoms with Crippen LogP contribution in [0, 0.1) is 0 Å². The van der Waals surface area contributed by atoms with Gasteiger partial charge in [-0.3, -0.25) is 4.79 Å². The summed E-state index contributed by atoms with van der Waals surface area (Å²) in [6.45, 7) is 0. The lowest BCUT2D eigenvalue weighted by molar-refractivity contribution is 0.0981. The molecule has 0 atom stereocenters. The van der Waals surface area contributed by atoms with Crippen LogP contribution in [0.5, 0.6) is 0 Å². The van der Waals surface area contributed by atoms with Crippen molar-refractivity contribution in [1.29, 1.82) is 0 Å². The predicted molar refractivity (Wildman–Crippen MR) is 71.4 cm³/mol. The number of anilines is 1. The highest BCUT2D eigenvalue weighted by Crippen LogP contribution is 2.17. The molecule has 0 spiro atoms. The van der Waals surface area contributed by atoms with Crippen molar-refractivity contribution in [2.24, 2.45) is 0 Å². The quantitative estimate of drug-likeness (QED) is 0.800. The van der Waals surface area contributed by atoms with Crippen LogP contribution in [0.25, 0.3) is 11.6 Å². The molecule has 1 aromatic carbocycles. The van der Waals surface area contributed by atoms with Crippen molar-refractivity contribution >= 4 is 23.2 Å². The Hall–Kier alpha value is -2.60. The van der Waals surface area contributed by atoms with E-state index >= 15 is 0 Å². The summed E-state index contributed by atoms with van der Waals surface area (Å²) in [5, 5.41) is 6.88. The SMILES string of the molecule is O=C(Nc1ccc(Cl)cc1)c1nc(-c2ccco2)no1. The third kappa shape index (κ3) is 2.55. The number of aromatic nitrogens is 2. The number of amides is 1. The maximum atomic E-state index is 11.9. The number of hydrogen-bond donors (Lipinski definition) is 1. The summed E-state index contributed by atoms with van der Waals surface area (Å²) < 4.78 is 10.00. The molecular weight excluding hydrogens is 282 g/mol. The van der Waals surface area contributed by atoms with Gasteiger partial charge in [-0.1, -0.05) is 16.8 Å². The zero-order valence-electron chi connectivity index (χ0n) is 10.0. The minimum atomic E-state index is -0.502. The third-order valence-corrected chi connectivity index (χ3v) is 2.72. The fourth-order valence-electron chi connectivity index (χ4n) is 1.54. The summed E-state index contributed by atoms with van der Waals surface area (Å²) >= 11 is 5.76. The molecule has 2 aromatic heterocycles. The molecule has 0 bridgehead atoms. The summed E-state index contributed by atoms with van der Waals surface area (Å²) in [5.41, 5.74) is 0.581. The Labute approximate surface area is 118 Å². The fraction of sp³-hybridized carbons (Fsp3) is 0. The van der Waals surface area contributed by atoms with Crippen LogP contribution >= 0.6 is 11.6 Å². The number of nitrogens with one attached hydrogen (secondary N) is 1. The van der Waals surface area contributed by atoms with E-state index in [0.29, 0.717) is 16.5 Å². The largest absolute Gasteiger partial charge is 0.461 e. The Bertz CT molecular complexity index is 720. The van der Waals surface area contributed by atoms with Crippen molar-refractivity contribution in [3.63, 3.8) is 0 Å². The lowest BCUT2D eigenvalue weighted by Crippen LogP contribution is -2.12. The molecule has 1 N–H and O–H groups in total. The molecule has 0 saturated heterocycles. The van der Waals surface area contributed by atoms with E-state index in [1.165, 1.54) is 6.26 Å². The predicted octanol–water partition coefficient (Wildman–Crippen LogP) is 3.24. The number of nitrogens with zero attached hydrogens (tertiary/aromatic N) is 2. The first-order chi connectivity index (χ1) is 9.72. The maximum Gasteiger partial charge on any atom is 0.316 e. The van der Waals surface area contributed by atoms with Crippen LogP contribution in [0.15, 0.2) is 51.6 Å². The smallest absolute Gasteiger partial charge is 0.316 e. The highest BCUT2D eigenvalue weighted by Gasteiger charge is 2.17. The van der Waals surface area contributed by atoms with Gasteiger partial charge in [-0.05, 0) is 36.4 Å². The molecule has 0 saturated carbocycles. The van der Waals surface area contributed by atoms with Crippen LogP contribution in [0.3, 0.4) is 0 Å². The number of carbonyl (C=O) groups excluding carboxylic acids is 1. The van der Waals surface area contributed by atoms with E-state index in [4.69, 9.17) is 20.5 Å². The molecule has 7 heteroatoms. The first-order valence-electron chi connectivity index (χ1n) is 5.67. The Balaban J connectivity index is 1.76. The van der Waals surface area contributed by atoms with Crippen LogP contribution in [0.1, 0.15) is 10.7 Å². The number of hydrogen-bond acceptors (Lipinski definition) is 5. The first-order valence-corrected chi connectivity index (χ1v) is 6.05. The first kappa shape index (κ1) is 12.4. The molecule has 0 unspecified atom stereocenters. The molecular formula is C13H8ClN3O3. The van der Waals surface area contributed by atoms with Gasteiger partial charge in [0.05, 0.1) is 6.26 Å². The van der Waals surface area contributed by atoms with E-state index in [-0.39, 0.29) is 11.7 Å². The number of halogens is 1. The zero-order valence-corrected chi connectivity index (χ0v) is 10.8. The van der Waals surface area contributed by atoms with Gasteiger partial charge in [0.15, 0.2) is 5.76 Å². The van der Waals surface area contributed by atoms with Crippen LogP contribution in [0.2, 0.25) is 5.02 Å². The molecule has 2 heterocycles. The monoisotopic (exact) mass is 289 g/mol. The molecule has 0 fully saturated rings. The van der Waals surface area contributed by atoms with Crippen molar-refractivity contribution in [2.45, 2.75) is 0 Å². The van der Waals surface area contributed by atoms with E-state index in [1.807, 2.05) is 0 Å². The summed E-state index contributed by atoms with van der Waals surface area (Å²) in [6.07, 6.45) is 1.49. The summed E-state index contributed by atoms with van der Waals surface area (Å²) in [5.74, 6) is -0.000437. The summed E-state index contributed by atoms with van der Waals surface area (Å²) in [7, 11) is 0. The van der Waals surface area contributed by atoms with E-state index < -0.39 is 5.91 Å². The van der Waals surface area contributed by atoms with E-state index in [9.17, 15) is 4.79 Å². The van der Waals surface area contributed by atoms with Gasteiger partial charge >= 0.3 is 11.8 Å². The molecule has 3 rings (SSSR count). The minimum Gasteiger partial charge on any atom is -0.461 e. The second kappa shape index (κ2) is 5.18. The molecule has 0 aliphatic heterocycles. The van der Waals surface area contributed by atoms with Gasteiger partial charge in [-0.15, -0.1) is 0 Å². The van der Waals surface area contributed by atoms with Crippen molar-refractivity contribution in [2.75, 3.05) is 5.32 Å². The van der Waals surface area contributed by atoms with E-state index in [2.05, 4.69) is 15.5 Å². The van der Waals surface area contributed by atoms with Crippen molar-refractivity contribution in [3.05, 3.63) is 53.6 Å². The lowest BCUT2D eigenvalue weighted by atomic mass is 10.3. The fourth-order valence-corrected chi connectivity index (χ4v) is 1.67. The Morgan fingerprint density at radius 3 is 2.70 bits per heavy atom. The highest BCUT2D eigenvalue weighted by atomic mass is 35.5. The Morgan fingerprint density at radius 1 is 1.20 bits per heavy atom. The second-order valence-electron chi connectivity index (χ2n) is 3.86. The van der Waals surface area contributed by atoms with Gasteiger partial charge in [0, 0.05) is 10.7 Å². The number of rotatable bonds is 3. The highest BCUT2D eigenvalue weighted by molar-refractivity contribution is 6.30. The van der Waals surface area contributed by atoms with Gasteiger partial charge in [0.1, 0.15) is 0 Å². The number of benzene rings is 1. The van der Waals surface area contributed by atoms with Gasteiger partial charge in [-0.25, -0.2) is 0 Å². The molecule has 0 aliphatic carbocycles. The van der Waals surface area contributed by atoms with Gasteiger partial charge in [-0.2, -0.15) is 4.98 Å². The van der Waals surface area contributed by atoms with Gasteiger partial charge in [0.25, 0.3) is 0 Å². The van der Waals surface area contributed by atoms with E-state index in [1.54, 1.807) is 36.4 Å². The summed E-state index contributed by atoms with van der Waals surface area (Å²) in [4.78, 5) is 15.9. The Kier molecular flexibility index (Phi) is 3.22. The lowest BCUT2D eigenvalue weighted by Gasteiger charge is -2.01. The van der Waals surface area contributed by atoms with E-state index in [0.717, 1.165) is 0 Å². The van der Waals surface area contributed by atoms with Crippen LogP contribution in [-0.4, -0.2) is 16.0 Å². The summed E-state index contributed by atoms with van der Waals surface area (Å²) in [6, 6.07) is 10.0. The molecule has 0 aliphatic rings. The van der Waals surface area contributed by atoms with Crippen LogP contribution in [-0.2, 0) is 0 Å². The van der Waals surface area contributed by atoms with Crippen LogP contribution < -0.4 is 5.32 Å². The standard InChI is InChI=1S/C13H8ClN3O3/c14-8-3-5-9(6-4-8)15-12(18)13-16-11(17-20-13)10-2-1-7-19-10/h1-7H,(H,15,18). The number of carbonyl (C=O) groups is 1. The maximum absolute atomic E-state index is 11.9. The van der Waals surface area contributed by atoms with Gasteiger partial charge in [0.2, 0.25) is 5.82 Å². The van der Waals surface area contributed by atoms with Crippen molar-refractivity contribution < 1.29 is 13.7 Å². The molecule has 100 valence electrons. The zero-order chi connectivity index (χ0) is 13.9. The molecule has 1 amide bonds. The van der Waals surface area contributed by atoms with Crippen molar-refractivity contribution in [3.8, 4) is 11.6 Å². The second-order valence-corrected chi connectivity index (χ2v) is 4.30. The molecule has 0 radical (unpaired) electrons. The minimum absolute atomic E-state index is 0.147. The average Bonchev–Trinajstić information content (AvgIpc) is 3.11. The van der Waals surface area contributed by atoms with Crippen LogP contribution in [0.4, 0.5) is 5.69 Å². The van der Waals surface area contributed by atoms with Crippen molar-refractivity contribution in [1.82, 2.24) is 10.1 Å². The normalized spacial score (nSPS) is 10.4. The molecule has 3 aromatic rings. The topological polar surface area (TPSA) is 81.2 Å². The average molecular weight is 290 g/mol.